The van der Waals surface area contributed by atoms with Crippen molar-refractivity contribution in [2.45, 2.75) is 32.4 Å². The van der Waals surface area contributed by atoms with E-state index >= 15 is 0 Å². The largest absolute Gasteiger partial charge is 0.392 e. The van der Waals surface area contributed by atoms with E-state index in [2.05, 4.69) is 4.90 Å². The Bertz CT molecular complexity index is 996. The van der Waals surface area contributed by atoms with E-state index in [1.807, 2.05) is 41.0 Å². The van der Waals surface area contributed by atoms with Crippen LogP contribution in [-0.2, 0) is 13.0 Å². The number of aliphatic hydroxyl groups excluding tert-OH is 1. The molecule has 1 unspecified atom stereocenters. The van der Waals surface area contributed by atoms with Gasteiger partial charge in [-0.3, -0.25) is 10.0 Å². The first-order valence-electron chi connectivity index (χ1n) is 9.07. The third kappa shape index (κ3) is 3.05. The molecular weight excluding hydrogens is 344 g/mol. The zero-order valence-corrected chi connectivity index (χ0v) is 15.1. The number of hydrogen-bond donors (Lipinski definition) is 3. The molecule has 1 aliphatic heterocycles. The molecule has 0 saturated carbocycles. The van der Waals surface area contributed by atoms with Crippen LogP contribution in [-0.4, -0.2) is 38.4 Å². The third-order valence-electron chi connectivity index (χ3n) is 4.92. The minimum Gasteiger partial charge on any atom is -0.392 e. The van der Waals surface area contributed by atoms with Crippen LogP contribution in [0, 0.1) is 0 Å². The number of carbonyl (C=O) groups excluding carboxylic acids is 1. The second-order valence-corrected chi connectivity index (χ2v) is 6.86. The minimum absolute atomic E-state index is 0.429. The molecule has 2 aromatic carbocycles. The van der Waals surface area contributed by atoms with Crippen LogP contribution in [0.25, 0.3) is 11.0 Å². The minimum atomic E-state index is -0.517. The summed E-state index contributed by atoms with van der Waals surface area (Å²) < 4.78 is 2.02. The highest BCUT2D eigenvalue weighted by Gasteiger charge is 2.27. The van der Waals surface area contributed by atoms with E-state index in [-0.39, 0.29) is 0 Å². The van der Waals surface area contributed by atoms with Gasteiger partial charge in [-0.25, -0.2) is 10.5 Å². The molecular formula is C20H22N4O3. The number of hydrogen-bond acceptors (Lipinski definition) is 5. The van der Waals surface area contributed by atoms with Crippen LogP contribution in [0.4, 0.5) is 11.6 Å². The van der Waals surface area contributed by atoms with Crippen LogP contribution in [0.5, 0.6) is 0 Å². The van der Waals surface area contributed by atoms with Gasteiger partial charge in [0.25, 0.3) is 5.91 Å². The van der Waals surface area contributed by atoms with Crippen molar-refractivity contribution in [3.05, 3.63) is 53.6 Å². The number of carbonyl (C=O) groups is 1. The number of anilines is 2. The van der Waals surface area contributed by atoms with Crippen LogP contribution in [0.2, 0.25) is 0 Å². The highest BCUT2D eigenvalue weighted by atomic mass is 16.5. The average Bonchev–Trinajstić information content (AvgIpc) is 3.04. The van der Waals surface area contributed by atoms with E-state index in [1.165, 1.54) is 0 Å². The molecule has 1 atom stereocenters. The van der Waals surface area contributed by atoms with Crippen LogP contribution >= 0.6 is 0 Å². The lowest BCUT2D eigenvalue weighted by Gasteiger charge is -2.32. The Morgan fingerprint density at radius 2 is 2.07 bits per heavy atom. The number of benzene rings is 2. The Balaban J connectivity index is 1.88. The molecule has 27 heavy (non-hydrogen) atoms. The summed E-state index contributed by atoms with van der Waals surface area (Å²) in [6.07, 6.45) is 1.10. The van der Waals surface area contributed by atoms with Crippen LogP contribution < -0.4 is 10.4 Å². The quantitative estimate of drug-likeness (QED) is 0.488. The fraction of sp³-hybridized carbons (Fsp3) is 0.300. The second-order valence-electron chi connectivity index (χ2n) is 6.86. The molecule has 140 valence electrons. The number of fused-ring (bicyclic) bond motifs is 2. The summed E-state index contributed by atoms with van der Waals surface area (Å²) in [4.78, 5) is 19.0. The highest BCUT2D eigenvalue weighted by Crippen LogP contribution is 2.36. The predicted molar refractivity (Wildman–Crippen MR) is 102 cm³/mol. The van der Waals surface area contributed by atoms with Gasteiger partial charge >= 0.3 is 0 Å². The van der Waals surface area contributed by atoms with Gasteiger partial charge in [-0.15, -0.1) is 0 Å². The Kier molecular flexibility index (Phi) is 4.55. The van der Waals surface area contributed by atoms with Crippen molar-refractivity contribution in [3.63, 3.8) is 0 Å². The monoisotopic (exact) mass is 366 g/mol. The molecule has 7 nitrogen and oxygen atoms in total. The van der Waals surface area contributed by atoms with Crippen LogP contribution in [0.3, 0.4) is 0 Å². The summed E-state index contributed by atoms with van der Waals surface area (Å²) in [5, 5.41) is 19.1. The Hall–Kier alpha value is -2.90. The number of hydroxylamine groups is 1. The van der Waals surface area contributed by atoms with Gasteiger partial charge in [0, 0.05) is 17.8 Å². The molecule has 0 radical (unpaired) electrons. The molecule has 3 N–H and O–H groups in total. The standard InChI is InChI=1S/C20H22N4O3/c1-13(25)12-24-18-9-3-2-8-16(18)21-20(24)23-11-5-7-14-15(19(26)22-27)6-4-10-17(14)23/h2-4,6,8-10,13,25,27H,5,7,11-12H2,1H3,(H,22,26). The maximum Gasteiger partial charge on any atom is 0.274 e. The van der Waals surface area contributed by atoms with Crippen LogP contribution in [0.15, 0.2) is 42.5 Å². The van der Waals surface area contributed by atoms with Crippen molar-refractivity contribution in [3.8, 4) is 0 Å². The Morgan fingerprint density at radius 1 is 1.26 bits per heavy atom. The third-order valence-corrected chi connectivity index (χ3v) is 4.92. The van der Waals surface area contributed by atoms with Crippen molar-refractivity contribution in [2.75, 3.05) is 11.4 Å². The molecule has 0 saturated heterocycles. The SMILES string of the molecule is CC(O)Cn1c(N2CCCc3c(C(=O)NO)cccc32)nc2ccccc21. The molecule has 1 aliphatic rings. The van der Waals surface area contributed by atoms with Crippen molar-refractivity contribution >= 4 is 28.6 Å². The van der Waals surface area contributed by atoms with Crippen molar-refractivity contribution < 1.29 is 15.1 Å². The summed E-state index contributed by atoms with van der Waals surface area (Å²) >= 11 is 0. The van der Waals surface area contributed by atoms with Gasteiger partial charge in [-0.1, -0.05) is 18.2 Å². The second kappa shape index (κ2) is 7.02. The maximum absolute atomic E-state index is 12.0. The zero-order chi connectivity index (χ0) is 19.0. The van der Waals surface area contributed by atoms with Gasteiger partial charge in [0.15, 0.2) is 0 Å². The molecule has 3 aromatic rings. The van der Waals surface area contributed by atoms with E-state index in [9.17, 15) is 9.90 Å². The molecule has 0 aliphatic carbocycles. The number of aromatic nitrogens is 2. The van der Waals surface area contributed by atoms with Gasteiger partial charge in [-0.2, -0.15) is 0 Å². The van der Waals surface area contributed by atoms with E-state index in [0.717, 1.165) is 47.6 Å². The Labute approximate surface area is 156 Å². The zero-order valence-electron chi connectivity index (χ0n) is 15.1. The first kappa shape index (κ1) is 17.5. The average molecular weight is 366 g/mol. The van der Waals surface area contributed by atoms with Crippen molar-refractivity contribution in [1.29, 1.82) is 0 Å². The number of imidazole rings is 1. The topological polar surface area (TPSA) is 90.6 Å². The molecule has 7 heteroatoms. The lowest BCUT2D eigenvalue weighted by Crippen LogP contribution is -2.30. The number of amides is 1. The lowest BCUT2D eigenvalue weighted by atomic mass is 9.96. The molecule has 4 rings (SSSR count). The summed E-state index contributed by atoms with van der Waals surface area (Å²) in [5.74, 6) is 0.241. The first-order chi connectivity index (χ1) is 13.1. The fourth-order valence-electron chi connectivity index (χ4n) is 3.82. The molecule has 0 spiro atoms. The van der Waals surface area contributed by atoms with Crippen molar-refractivity contribution in [1.82, 2.24) is 15.0 Å². The number of aliphatic hydroxyl groups is 1. The van der Waals surface area contributed by atoms with Crippen LogP contribution in [0.1, 0.15) is 29.3 Å². The van der Waals surface area contributed by atoms with Gasteiger partial charge in [-0.05, 0) is 49.6 Å². The summed E-state index contributed by atoms with van der Waals surface area (Å²) in [6, 6.07) is 13.3. The van der Waals surface area contributed by atoms with E-state index in [4.69, 9.17) is 10.2 Å². The molecule has 0 bridgehead atoms. The smallest absolute Gasteiger partial charge is 0.274 e. The summed E-state index contributed by atoms with van der Waals surface area (Å²) in [6.45, 7) is 2.95. The van der Waals surface area contributed by atoms with Gasteiger partial charge in [0.2, 0.25) is 5.95 Å². The van der Waals surface area contributed by atoms with E-state index in [0.29, 0.717) is 12.1 Å². The molecule has 1 aromatic heterocycles. The molecule has 2 heterocycles. The van der Waals surface area contributed by atoms with Gasteiger partial charge in [0.1, 0.15) is 0 Å². The summed E-state index contributed by atoms with van der Waals surface area (Å²) in [7, 11) is 0. The fourth-order valence-corrected chi connectivity index (χ4v) is 3.82. The molecule has 1 amide bonds. The molecule has 0 fully saturated rings. The highest BCUT2D eigenvalue weighted by molar-refractivity contribution is 5.97. The van der Waals surface area contributed by atoms with E-state index < -0.39 is 12.0 Å². The Morgan fingerprint density at radius 3 is 2.85 bits per heavy atom. The summed E-state index contributed by atoms with van der Waals surface area (Å²) in [5.41, 5.74) is 5.83. The number of nitrogens with zero attached hydrogens (tertiary/aromatic N) is 3. The van der Waals surface area contributed by atoms with Gasteiger partial charge in [0.05, 0.1) is 23.7 Å². The predicted octanol–water partition coefficient (Wildman–Crippen LogP) is 2.62. The van der Waals surface area contributed by atoms with Crippen molar-refractivity contribution in [2.24, 2.45) is 0 Å². The lowest BCUT2D eigenvalue weighted by molar-refractivity contribution is 0.0705. The maximum atomic E-state index is 12.0. The van der Waals surface area contributed by atoms with Gasteiger partial charge < -0.3 is 14.6 Å². The number of para-hydroxylation sites is 2. The van der Waals surface area contributed by atoms with E-state index in [1.54, 1.807) is 18.5 Å². The normalized spacial score (nSPS) is 14.9. The number of rotatable bonds is 4. The number of nitrogens with one attached hydrogen (secondary N) is 1. The first-order valence-corrected chi connectivity index (χ1v) is 9.07.